The van der Waals surface area contributed by atoms with E-state index in [4.69, 9.17) is 21.7 Å². The second-order valence-electron chi connectivity index (χ2n) is 7.01. The van der Waals surface area contributed by atoms with Crippen LogP contribution < -0.4 is 14.4 Å². The van der Waals surface area contributed by atoms with Gasteiger partial charge in [-0.2, -0.15) is 0 Å². The molecule has 1 heterocycles. The highest BCUT2D eigenvalue weighted by Gasteiger charge is 2.33. The molecule has 1 fully saturated rings. The summed E-state index contributed by atoms with van der Waals surface area (Å²) in [7, 11) is 0. The van der Waals surface area contributed by atoms with Crippen LogP contribution in [0.3, 0.4) is 0 Å². The quantitative estimate of drug-likeness (QED) is 0.289. The number of thiocarbonyl (C=S) groups is 1. The van der Waals surface area contributed by atoms with Gasteiger partial charge in [0.05, 0.1) is 17.2 Å². The molecule has 0 aromatic heterocycles. The first-order valence-corrected chi connectivity index (χ1v) is 11.4. The highest BCUT2D eigenvalue weighted by atomic mass is 32.2. The average molecular weight is 484 g/mol. The lowest BCUT2D eigenvalue weighted by Crippen LogP contribution is -2.27. The van der Waals surface area contributed by atoms with Gasteiger partial charge in [-0.25, -0.2) is 8.78 Å². The van der Waals surface area contributed by atoms with E-state index in [0.29, 0.717) is 38.6 Å². The molecular formula is C25H19F2NO3S2. The molecule has 4 rings (SSSR count). The summed E-state index contributed by atoms with van der Waals surface area (Å²) in [4.78, 5) is 14.8. The van der Waals surface area contributed by atoms with E-state index in [0.717, 1.165) is 5.56 Å². The number of nitrogens with zero attached hydrogens (tertiary/aromatic N) is 1. The largest absolute Gasteiger partial charge is 0.490 e. The fraction of sp³-hybridized carbons (Fsp3) is 0.120. The molecule has 1 saturated heterocycles. The third kappa shape index (κ3) is 5.23. The van der Waals surface area contributed by atoms with Crippen molar-refractivity contribution in [3.05, 3.63) is 94.4 Å². The first-order chi connectivity index (χ1) is 16.0. The van der Waals surface area contributed by atoms with Crippen LogP contribution in [-0.2, 0) is 11.4 Å². The molecule has 168 valence electrons. The van der Waals surface area contributed by atoms with Crippen LogP contribution in [0.4, 0.5) is 14.5 Å². The molecule has 1 amide bonds. The Morgan fingerprint density at radius 1 is 1.00 bits per heavy atom. The van der Waals surface area contributed by atoms with E-state index in [9.17, 15) is 13.6 Å². The first kappa shape index (κ1) is 22.9. The Labute approximate surface area is 199 Å². The maximum atomic E-state index is 13.9. The van der Waals surface area contributed by atoms with Crippen molar-refractivity contribution in [2.75, 3.05) is 11.5 Å². The number of carbonyl (C=O) groups excluding carboxylic acids is 1. The second kappa shape index (κ2) is 10.1. The normalized spacial score (nSPS) is 14.8. The number of hydrogen-bond donors (Lipinski definition) is 0. The van der Waals surface area contributed by atoms with Crippen molar-refractivity contribution in [1.82, 2.24) is 0 Å². The summed E-state index contributed by atoms with van der Waals surface area (Å²) in [5.41, 5.74) is 1.67. The minimum atomic E-state index is -0.388. The summed E-state index contributed by atoms with van der Waals surface area (Å²) < 4.78 is 39.0. The van der Waals surface area contributed by atoms with Crippen LogP contribution in [0.5, 0.6) is 11.5 Å². The summed E-state index contributed by atoms with van der Waals surface area (Å²) in [5, 5.41) is 0. The van der Waals surface area contributed by atoms with E-state index in [1.165, 1.54) is 47.0 Å². The minimum absolute atomic E-state index is 0.0580. The fourth-order valence-corrected chi connectivity index (χ4v) is 4.50. The molecule has 0 N–H and O–H groups in total. The van der Waals surface area contributed by atoms with E-state index in [2.05, 4.69) is 0 Å². The van der Waals surface area contributed by atoms with Crippen LogP contribution in [0.2, 0.25) is 0 Å². The summed E-state index contributed by atoms with van der Waals surface area (Å²) in [5.74, 6) is -0.0575. The van der Waals surface area contributed by atoms with Gasteiger partial charge < -0.3 is 9.47 Å². The van der Waals surface area contributed by atoms with Crippen LogP contribution in [-0.4, -0.2) is 16.8 Å². The highest BCUT2D eigenvalue weighted by molar-refractivity contribution is 8.27. The molecule has 0 radical (unpaired) electrons. The topological polar surface area (TPSA) is 38.8 Å². The lowest BCUT2D eigenvalue weighted by molar-refractivity contribution is -0.113. The van der Waals surface area contributed by atoms with Crippen LogP contribution in [0.15, 0.2) is 71.6 Å². The Hall–Kier alpha value is -3.23. The standard InChI is InChI=1S/C25H19F2NO3S2/c1-2-30-22-13-16(7-12-21(22)31-15-17-5-3-4-6-20(17)27)14-23-24(29)28(25(32)33-23)19-10-8-18(26)9-11-19/h3-14H,2,15H2,1H3/b23-14-. The smallest absolute Gasteiger partial charge is 0.270 e. The van der Waals surface area contributed by atoms with Gasteiger partial charge in [-0.3, -0.25) is 9.69 Å². The number of thioether (sulfide) groups is 1. The summed E-state index contributed by atoms with van der Waals surface area (Å²) in [6.45, 7) is 2.32. The number of amides is 1. The molecule has 1 aliphatic heterocycles. The van der Waals surface area contributed by atoms with E-state index in [1.807, 2.05) is 6.92 Å². The van der Waals surface area contributed by atoms with Gasteiger partial charge in [0.2, 0.25) is 0 Å². The SMILES string of the molecule is CCOc1cc(/C=C2\SC(=S)N(c3ccc(F)cc3)C2=O)ccc1OCc1ccccc1F. The highest BCUT2D eigenvalue weighted by Crippen LogP contribution is 2.37. The number of anilines is 1. The summed E-state index contributed by atoms with van der Waals surface area (Å²) in [6.07, 6.45) is 1.71. The van der Waals surface area contributed by atoms with E-state index >= 15 is 0 Å². The molecule has 8 heteroatoms. The van der Waals surface area contributed by atoms with Crippen LogP contribution >= 0.6 is 24.0 Å². The zero-order valence-electron chi connectivity index (χ0n) is 17.6. The number of halogens is 2. The van der Waals surface area contributed by atoms with Crippen LogP contribution in [0.1, 0.15) is 18.1 Å². The van der Waals surface area contributed by atoms with E-state index in [-0.39, 0.29) is 24.1 Å². The van der Waals surface area contributed by atoms with Gasteiger partial charge >= 0.3 is 0 Å². The molecule has 0 bridgehead atoms. The van der Waals surface area contributed by atoms with Crippen LogP contribution in [0, 0.1) is 11.6 Å². The Morgan fingerprint density at radius 3 is 2.48 bits per heavy atom. The molecule has 0 saturated carbocycles. The molecule has 0 atom stereocenters. The van der Waals surface area contributed by atoms with Gasteiger partial charge in [-0.1, -0.05) is 48.2 Å². The Kier molecular flexibility index (Phi) is 7.05. The summed E-state index contributed by atoms with van der Waals surface area (Å²) >= 11 is 6.53. The lowest BCUT2D eigenvalue weighted by atomic mass is 10.1. The number of hydrogen-bond acceptors (Lipinski definition) is 5. The summed E-state index contributed by atoms with van der Waals surface area (Å²) in [6, 6.07) is 17.3. The van der Waals surface area contributed by atoms with Crippen molar-refractivity contribution < 1.29 is 23.0 Å². The van der Waals surface area contributed by atoms with Gasteiger partial charge in [-0.15, -0.1) is 0 Å². The van der Waals surface area contributed by atoms with Gasteiger partial charge in [0.25, 0.3) is 5.91 Å². The molecule has 0 aliphatic carbocycles. The molecule has 1 aliphatic rings. The zero-order valence-corrected chi connectivity index (χ0v) is 19.2. The molecule has 3 aromatic rings. The van der Waals surface area contributed by atoms with Crippen molar-refractivity contribution in [1.29, 1.82) is 0 Å². The monoisotopic (exact) mass is 483 g/mol. The van der Waals surface area contributed by atoms with Crippen molar-refractivity contribution >= 4 is 46.0 Å². The zero-order chi connectivity index (χ0) is 23.4. The Morgan fingerprint density at radius 2 is 1.76 bits per heavy atom. The third-order valence-corrected chi connectivity index (χ3v) is 6.09. The number of ether oxygens (including phenoxy) is 2. The molecule has 0 spiro atoms. The molecule has 0 unspecified atom stereocenters. The van der Waals surface area contributed by atoms with Crippen molar-refractivity contribution in [3.63, 3.8) is 0 Å². The maximum absolute atomic E-state index is 13.9. The van der Waals surface area contributed by atoms with E-state index in [1.54, 1.807) is 42.5 Å². The second-order valence-corrected chi connectivity index (χ2v) is 8.69. The Bertz CT molecular complexity index is 1230. The molecular weight excluding hydrogens is 464 g/mol. The van der Waals surface area contributed by atoms with Crippen molar-refractivity contribution in [2.45, 2.75) is 13.5 Å². The fourth-order valence-electron chi connectivity index (χ4n) is 3.20. The predicted molar refractivity (Wildman–Crippen MR) is 130 cm³/mol. The predicted octanol–water partition coefficient (Wildman–Crippen LogP) is 6.35. The lowest BCUT2D eigenvalue weighted by Gasteiger charge is -2.14. The van der Waals surface area contributed by atoms with Crippen molar-refractivity contribution in [2.24, 2.45) is 0 Å². The van der Waals surface area contributed by atoms with Gasteiger partial charge in [0, 0.05) is 5.56 Å². The minimum Gasteiger partial charge on any atom is -0.490 e. The van der Waals surface area contributed by atoms with E-state index < -0.39 is 0 Å². The van der Waals surface area contributed by atoms with Gasteiger partial charge in [0.15, 0.2) is 15.8 Å². The number of rotatable bonds is 7. The van der Waals surface area contributed by atoms with Crippen molar-refractivity contribution in [3.8, 4) is 11.5 Å². The number of benzene rings is 3. The Balaban J connectivity index is 1.55. The van der Waals surface area contributed by atoms with Gasteiger partial charge in [0.1, 0.15) is 18.2 Å². The van der Waals surface area contributed by atoms with Crippen LogP contribution in [0.25, 0.3) is 6.08 Å². The third-order valence-electron chi connectivity index (χ3n) is 4.78. The van der Waals surface area contributed by atoms with Gasteiger partial charge in [-0.05, 0) is 61.0 Å². The average Bonchev–Trinajstić information content (AvgIpc) is 3.08. The molecule has 3 aromatic carbocycles. The first-order valence-electron chi connectivity index (χ1n) is 10.1. The number of carbonyl (C=O) groups is 1. The molecule has 33 heavy (non-hydrogen) atoms. The molecule has 4 nitrogen and oxygen atoms in total. The maximum Gasteiger partial charge on any atom is 0.270 e.